The van der Waals surface area contributed by atoms with Crippen molar-refractivity contribution in [1.82, 2.24) is 9.13 Å². The number of aryl methyl sites for hydroxylation is 1. The van der Waals surface area contributed by atoms with Crippen molar-refractivity contribution in [2.45, 2.75) is 308 Å². The van der Waals surface area contributed by atoms with E-state index < -0.39 is 0 Å². The molecule has 0 bridgehead atoms. The van der Waals surface area contributed by atoms with Crippen molar-refractivity contribution < 1.29 is 0 Å². The van der Waals surface area contributed by atoms with E-state index in [9.17, 15) is 0 Å². The molecule has 2 heteroatoms. The Morgan fingerprint density at radius 1 is 0.179 bits per heavy atom. The fraction of sp³-hybridized carbons (Fsp3) is 0.391. The van der Waals surface area contributed by atoms with E-state index in [0.717, 1.165) is 6.54 Å². The van der Waals surface area contributed by atoms with E-state index in [4.69, 9.17) is 0 Å². The zero-order valence-electron chi connectivity index (χ0n) is 95.4. The smallest absolute Gasteiger partial charge is 0.0713 e. The first kappa shape index (κ1) is 119. The van der Waals surface area contributed by atoms with Gasteiger partial charge in [-0.3, -0.25) is 0 Å². The lowest BCUT2D eigenvalue weighted by Gasteiger charge is -2.33. The Morgan fingerprint density at radius 2 is 0.336 bits per heavy atom. The highest BCUT2D eigenvalue weighted by molar-refractivity contribution is 6.25. The van der Waals surface area contributed by atoms with Crippen LogP contribution in [0.2, 0.25) is 0 Å². The number of nitrogens with zero attached hydrogens (tertiary/aromatic N) is 2. The molecule has 140 heavy (non-hydrogen) atoms. The lowest BCUT2D eigenvalue weighted by molar-refractivity contribution is 0.469. The molecule has 748 valence electrons. The number of rotatable bonds is 4. The summed E-state index contributed by atoms with van der Waals surface area (Å²) in [6, 6.07) is 128. The van der Waals surface area contributed by atoms with Gasteiger partial charge in [0.2, 0.25) is 0 Å². The highest BCUT2D eigenvalue weighted by Crippen LogP contribution is 2.56. The number of hydrogen-bond acceptors (Lipinski definition) is 0. The summed E-state index contributed by atoms with van der Waals surface area (Å²) in [5, 5.41) is 13.4. The molecule has 15 aromatic carbocycles. The van der Waals surface area contributed by atoms with Crippen molar-refractivity contribution >= 4 is 75.9 Å². The monoisotopic (exact) mass is 1870 g/mol. The molecule has 0 spiro atoms. The van der Waals surface area contributed by atoms with Gasteiger partial charge in [0.1, 0.15) is 0 Å². The lowest BCUT2D eigenvalue weighted by Crippen LogP contribution is -2.28. The quantitative estimate of drug-likeness (QED) is 0.155. The van der Waals surface area contributed by atoms with Gasteiger partial charge in [-0.15, -0.1) is 0 Å². The summed E-state index contributed by atoms with van der Waals surface area (Å²) < 4.78 is 4.69. The van der Waals surface area contributed by atoms with Crippen LogP contribution in [0.5, 0.6) is 0 Å². The second-order valence-electron chi connectivity index (χ2n) is 52.1. The summed E-state index contributed by atoms with van der Waals surface area (Å²) in [6.45, 7) is 90.8. The van der Waals surface area contributed by atoms with Crippen molar-refractivity contribution in [2.75, 3.05) is 0 Å². The van der Waals surface area contributed by atoms with E-state index in [1.54, 1.807) is 0 Å². The van der Waals surface area contributed by atoms with Gasteiger partial charge in [0.05, 0.1) is 16.4 Å². The Morgan fingerprint density at radius 3 is 0.557 bits per heavy atom. The molecule has 0 atom stereocenters. The molecule has 2 heterocycles. The minimum Gasteiger partial charge on any atom is -0.341 e. The predicted molar refractivity (Wildman–Crippen MR) is 635 cm³/mol. The zero-order valence-corrected chi connectivity index (χ0v) is 95.4. The number of aromatic nitrogens is 2. The predicted octanol–water partition coefficient (Wildman–Crippen LogP) is 43.7. The van der Waals surface area contributed by atoms with Gasteiger partial charge in [-0.05, 0) is 180 Å². The normalized spacial score (nSPS) is 12.3. The first-order valence-electron chi connectivity index (χ1n) is 51.6. The molecule has 0 unspecified atom stereocenters. The van der Waals surface area contributed by atoms with Gasteiger partial charge >= 0.3 is 0 Å². The average Bonchev–Trinajstić information content (AvgIpc) is 1.54. The van der Waals surface area contributed by atoms with Crippen LogP contribution < -0.4 is 0 Å². The minimum absolute atomic E-state index is 0.160. The van der Waals surface area contributed by atoms with E-state index in [1.807, 2.05) is 0 Å². The lowest BCUT2D eigenvalue weighted by atomic mass is 9.68. The van der Waals surface area contributed by atoms with E-state index in [0.29, 0.717) is 48.7 Å². The molecule has 2 nitrogen and oxygen atoms in total. The molecule has 2 aromatic heterocycles. The molecular weight excluding hydrogens is 1690 g/mol. The molecule has 0 aliphatic heterocycles. The van der Waals surface area contributed by atoms with Crippen molar-refractivity contribution in [3.8, 4) is 27.9 Å². The minimum atomic E-state index is -0.254. The molecule has 0 amide bonds. The fourth-order valence-electron chi connectivity index (χ4n) is 15.1. The topological polar surface area (TPSA) is 9.86 Å². The summed E-state index contributed by atoms with van der Waals surface area (Å²) in [7, 11) is 0. The van der Waals surface area contributed by atoms with Crippen LogP contribution in [0.1, 0.15) is 324 Å². The van der Waals surface area contributed by atoms with Crippen molar-refractivity contribution in [1.29, 1.82) is 0 Å². The largest absolute Gasteiger partial charge is 0.341 e. The van der Waals surface area contributed by atoms with Gasteiger partial charge in [-0.25, -0.2) is 0 Å². The zero-order chi connectivity index (χ0) is 105. The molecule has 2 aliphatic rings. The van der Waals surface area contributed by atoms with Crippen LogP contribution in [-0.4, -0.2) is 9.13 Å². The third kappa shape index (κ3) is 41.5. The second-order valence-corrected chi connectivity index (χ2v) is 52.1. The van der Waals surface area contributed by atoms with E-state index in [1.165, 1.54) is 144 Å². The molecule has 0 saturated heterocycles. The maximum absolute atomic E-state index is 2.37. The maximum atomic E-state index is 2.37. The van der Waals surface area contributed by atoms with Crippen LogP contribution in [0, 0.1) is 48.7 Å². The van der Waals surface area contributed by atoms with Crippen molar-refractivity contribution in [3.63, 3.8) is 0 Å². The number of benzene rings is 15. The Hall–Kier alpha value is -11.3. The van der Waals surface area contributed by atoms with Crippen molar-refractivity contribution in [2.24, 2.45) is 48.7 Å². The number of hydrogen-bond donors (Lipinski definition) is 0. The van der Waals surface area contributed by atoms with E-state index in [-0.39, 0.29) is 10.8 Å². The summed E-state index contributed by atoms with van der Waals surface area (Å²) in [5.41, 5.74) is 24.6. The molecule has 0 fully saturated rings. The summed E-state index contributed by atoms with van der Waals surface area (Å²) >= 11 is 0. The Balaban J connectivity index is 0.000000278. The molecule has 0 radical (unpaired) electrons. The fourth-order valence-corrected chi connectivity index (χ4v) is 15.1. The van der Waals surface area contributed by atoms with Gasteiger partial charge in [0.15, 0.2) is 0 Å². The third-order valence-corrected chi connectivity index (χ3v) is 19.1. The van der Waals surface area contributed by atoms with E-state index >= 15 is 0 Å². The van der Waals surface area contributed by atoms with Crippen LogP contribution in [0.25, 0.3) is 104 Å². The van der Waals surface area contributed by atoms with Gasteiger partial charge in [-0.2, -0.15) is 0 Å². The highest BCUT2D eigenvalue weighted by Gasteiger charge is 2.46. The Labute approximate surface area is 854 Å². The number of fused-ring (bicyclic) bond motifs is 18. The van der Waals surface area contributed by atoms with Gasteiger partial charge in [0.25, 0.3) is 0 Å². The van der Waals surface area contributed by atoms with Crippen LogP contribution in [0.3, 0.4) is 0 Å². The molecule has 17 aromatic rings. The van der Waals surface area contributed by atoms with Gasteiger partial charge in [-0.1, -0.05) is 605 Å². The van der Waals surface area contributed by atoms with Crippen LogP contribution in [0.4, 0.5) is 0 Å². The molecule has 0 N–H and O–H groups in total. The van der Waals surface area contributed by atoms with E-state index in [2.05, 4.69) is 651 Å². The molecule has 19 rings (SSSR count). The van der Waals surface area contributed by atoms with Crippen LogP contribution in [0.15, 0.2) is 358 Å². The first-order valence-corrected chi connectivity index (χ1v) is 51.6. The second kappa shape index (κ2) is 53.0. The highest BCUT2D eigenvalue weighted by atomic mass is 15.0. The summed E-state index contributed by atoms with van der Waals surface area (Å²) in [4.78, 5) is 0. The van der Waals surface area contributed by atoms with Crippen LogP contribution >= 0.6 is 0 Å². The van der Waals surface area contributed by atoms with Crippen molar-refractivity contribution in [3.05, 3.63) is 391 Å². The van der Waals surface area contributed by atoms with Gasteiger partial charge in [0, 0.05) is 50.2 Å². The Kier molecular flexibility index (Phi) is 45.1. The summed E-state index contributed by atoms with van der Waals surface area (Å²) in [5.74, 6) is 0. The molecule has 0 saturated carbocycles. The average molecular weight is 1870 g/mol. The number of para-hydroxylation sites is 5. The summed E-state index contributed by atoms with van der Waals surface area (Å²) in [6.07, 6.45) is 1.25. The Bertz CT molecular complexity index is 5800. The van der Waals surface area contributed by atoms with Crippen LogP contribution in [-0.2, 0) is 17.4 Å². The standard InChI is InChI=1S/C25H18.C18H13N.C18H12.C15H14.C14H13N.9C5H12.C3H8/c1-3-11-19(12-4-1)25(20-13-5-2-6-14-20)23-17-9-7-15-21(23)22-16-8-10-18-24(22)25;1-2-8-14(9-3-1)19-17-12-6-4-10-15(17)16-11-5-7-13-18(16)19;1-2-8-14-13(7-1)15-9-3-4-11-17(15)18-12-6-5-10-16(14)18;1-15(2)13-9-5-3-7-11(13)12-8-4-6-10-14(12)15;1-2-15-13-9-5-3-7-11(13)12-8-4-6-10-14(12)15;9*1-5(2,3)4;1-3-2/h1-18H;1-13H;1-12H;3-10H,1-2H3;3-10H,2H2,1H3;9*1-4H3;3H2,1-2H3. The third-order valence-electron chi connectivity index (χ3n) is 19.1. The SMILES string of the molecule is CC(C)(C)C.CC(C)(C)C.CC(C)(C)C.CC(C)(C)C.CC(C)(C)C.CC(C)(C)C.CC(C)(C)C.CC(C)(C)C.CC(C)(C)C.CC1(C)c2ccccc2-c2ccccc21.CCC.CCn1c2ccccc2c2ccccc21.c1ccc(-n2c3ccccc3c3ccccc32)cc1.c1ccc(C2(c3ccccc3)c3ccccc3-c3ccccc32)cc1.c1ccc2c(c1)c1ccccc1c1ccccc21. The molecule has 2 aliphatic carbocycles. The maximum Gasteiger partial charge on any atom is 0.0713 e. The molecular formula is C138H186N2. The first-order chi connectivity index (χ1) is 64.9. The van der Waals surface area contributed by atoms with Gasteiger partial charge < -0.3 is 9.13 Å².